The normalized spacial score (nSPS) is 20.2. The maximum absolute atomic E-state index is 13.4. The van der Waals surface area contributed by atoms with Gasteiger partial charge in [0, 0.05) is 31.2 Å². The monoisotopic (exact) mass is 283 g/mol. The van der Waals surface area contributed by atoms with Crippen molar-refractivity contribution in [3.63, 3.8) is 0 Å². The fourth-order valence-electron chi connectivity index (χ4n) is 2.46. The number of piperazine rings is 1. The van der Waals surface area contributed by atoms with Crippen LogP contribution in [0.4, 0.5) is 14.5 Å². The van der Waals surface area contributed by atoms with Crippen molar-refractivity contribution in [3.8, 4) is 0 Å². The first-order valence-electron chi connectivity index (χ1n) is 6.68. The highest BCUT2D eigenvalue weighted by atomic mass is 19.1. The number of halogens is 2. The fraction of sp³-hybridized carbons (Fsp3) is 0.500. The molecule has 1 unspecified atom stereocenters. The third kappa shape index (κ3) is 2.75. The topological polar surface area (TPSA) is 49.6 Å². The summed E-state index contributed by atoms with van der Waals surface area (Å²) in [6.07, 6.45) is 0.921. The zero-order valence-corrected chi connectivity index (χ0v) is 11.7. The van der Waals surface area contributed by atoms with Crippen LogP contribution in [0.25, 0.3) is 0 Å². The lowest BCUT2D eigenvalue weighted by Gasteiger charge is -2.39. The molecular formula is C14H19F2N3O. The van der Waals surface area contributed by atoms with E-state index in [2.05, 4.69) is 11.8 Å². The Morgan fingerprint density at radius 3 is 2.50 bits per heavy atom. The van der Waals surface area contributed by atoms with E-state index in [1.165, 1.54) is 0 Å². The summed E-state index contributed by atoms with van der Waals surface area (Å²) in [5.41, 5.74) is 4.67. The van der Waals surface area contributed by atoms with Crippen molar-refractivity contribution >= 4 is 11.6 Å². The second-order valence-corrected chi connectivity index (χ2v) is 5.15. The average Bonchev–Trinajstić information content (AvgIpc) is 2.44. The summed E-state index contributed by atoms with van der Waals surface area (Å²) in [5, 5.41) is 0. The number of nitrogens with zero attached hydrogens (tertiary/aromatic N) is 2. The molecule has 2 rings (SSSR count). The first-order valence-corrected chi connectivity index (χ1v) is 6.68. The van der Waals surface area contributed by atoms with Crippen LogP contribution < -0.4 is 5.73 Å². The molecule has 1 saturated heterocycles. The van der Waals surface area contributed by atoms with Gasteiger partial charge in [0.1, 0.15) is 17.3 Å². The Balaban J connectivity index is 2.19. The van der Waals surface area contributed by atoms with E-state index in [1.54, 1.807) is 4.90 Å². The zero-order valence-electron chi connectivity index (χ0n) is 11.7. The smallest absolute Gasteiger partial charge is 0.254 e. The molecule has 0 bridgehead atoms. The number of anilines is 1. The SMILES string of the molecule is CCC1CN(C(=O)c2cc(F)c(N)c(F)c2)CCN1C. The number of carbonyl (C=O) groups excluding carboxylic acids is 1. The Hall–Kier alpha value is -1.69. The Labute approximate surface area is 117 Å². The van der Waals surface area contributed by atoms with E-state index in [9.17, 15) is 13.6 Å². The van der Waals surface area contributed by atoms with Crippen molar-refractivity contribution in [1.29, 1.82) is 0 Å². The van der Waals surface area contributed by atoms with Gasteiger partial charge in [-0.15, -0.1) is 0 Å². The Bertz CT molecular complexity index is 498. The first-order chi connectivity index (χ1) is 9.43. The maximum Gasteiger partial charge on any atom is 0.254 e. The number of likely N-dealkylation sites (N-methyl/N-ethyl adjacent to an activating group) is 1. The van der Waals surface area contributed by atoms with Crippen molar-refractivity contribution in [3.05, 3.63) is 29.3 Å². The molecule has 20 heavy (non-hydrogen) atoms. The van der Waals surface area contributed by atoms with Gasteiger partial charge in [-0.1, -0.05) is 6.92 Å². The highest BCUT2D eigenvalue weighted by Crippen LogP contribution is 2.20. The molecule has 0 aliphatic carbocycles. The molecule has 0 saturated carbocycles. The van der Waals surface area contributed by atoms with E-state index in [4.69, 9.17) is 5.73 Å². The number of carbonyl (C=O) groups is 1. The summed E-state index contributed by atoms with van der Waals surface area (Å²) in [4.78, 5) is 16.1. The number of hydrogen-bond donors (Lipinski definition) is 1. The van der Waals surface area contributed by atoms with E-state index < -0.39 is 17.3 Å². The Morgan fingerprint density at radius 2 is 1.95 bits per heavy atom. The first kappa shape index (κ1) is 14.7. The number of nitrogens with two attached hydrogens (primary N) is 1. The summed E-state index contributed by atoms with van der Waals surface area (Å²) in [7, 11) is 2.01. The second-order valence-electron chi connectivity index (χ2n) is 5.15. The third-order valence-corrected chi connectivity index (χ3v) is 3.86. The van der Waals surface area contributed by atoms with Crippen molar-refractivity contribution in [1.82, 2.24) is 9.80 Å². The molecule has 1 aliphatic heterocycles. The highest BCUT2D eigenvalue weighted by Gasteiger charge is 2.27. The molecule has 1 aliphatic rings. The molecular weight excluding hydrogens is 264 g/mol. The molecule has 6 heteroatoms. The number of benzene rings is 1. The van der Waals surface area contributed by atoms with Crippen LogP contribution in [0.15, 0.2) is 12.1 Å². The molecule has 4 nitrogen and oxygen atoms in total. The highest BCUT2D eigenvalue weighted by molar-refractivity contribution is 5.94. The minimum atomic E-state index is -0.894. The van der Waals surface area contributed by atoms with Gasteiger partial charge < -0.3 is 10.6 Å². The molecule has 110 valence electrons. The van der Waals surface area contributed by atoms with Crippen molar-refractivity contribution in [2.24, 2.45) is 0 Å². The molecule has 1 atom stereocenters. The molecule has 1 fully saturated rings. The van der Waals surface area contributed by atoms with Gasteiger partial charge in [0.05, 0.1) is 0 Å². The predicted octanol–water partition coefficient (Wildman–Crippen LogP) is 1.71. The minimum absolute atomic E-state index is 0.00797. The second kappa shape index (κ2) is 5.75. The van der Waals surface area contributed by atoms with Gasteiger partial charge in [-0.25, -0.2) is 8.78 Å². The van der Waals surface area contributed by atoms with E-state index in [0.29, 0.717) is 13.1 Å². The van der Waals surface area contributed by atoms with Gasteiger partial charge in [-0.2, -0.15) is 0 Å². The summed E-state index contributed by atoms with van der Waals surface area (Å²) < 4.78 is 26.9. The van der Waals surface area contributed by atoms with Crippen molar-refractivity contribution in [2.75, 3.05) is 32.4 Å². The largest absolute Gasteiger partial charge is 0.394 e. The molecule has 1 amide bonds. The summed E-state index contributed by atoms with van der Waals surface area (Å²) in [5.74, 6) is -2.14. The number of rotatable bonds is 2. The molecule has 1 aromatic rings. The minimum Gasteiger partial charge on any atom is -0.394 e. The van der Waals surface area contributed by atoms with E-state index in [1.807, 2.05) is 7.05 Å². The van der Waals surface area contributed by atoms with Crippen LogP contribution >= 0.6 is 0 Å². The van der Waals surface area contributed by atoms with Crippen LogP contribution in [-0.2, 0) is 0 Å². The van der Waals surface area contributed by atoms with Crippen LogP contribution in [0, 0.1) is 11.6 Å². The Kier molecular flexibility index (Phi) is 4.23. The van der Waals surface area contributed by atoms with Crippen molar-refractivity contribution < 1.29 is 13.6 Å². The van der Waals surface area contributed by atoms with Gasteiger partial charge >= 0.3 is 0 Å². The third-order valence-electron chi connectivity index (χ3n) is 3.86. The number of amides is 1. The lowest BCUT2D eigenvalue weighted by Crippen LogP contribution is -2.53. The van der Waals surface area contributed by atoms with Crippen LogP contribution in [0.5, 0.6) is 0 Å². The molecule has 2 N–H and O–H groups in total. The molecule has 0 radical (unpaired) electrons. The molecule has 0 spiro atoms. The molecule has 1 aromatic carbocycles. The van der Waals surface area contributed by atoms with Gasteiger partial charge in [-0.05, 0) is 25.6 Å². The summed E-state index contributed by atoms with van der Waals surface area (Å²) in [6.45, 7) is 3.93. The van der Waals surface area contributed by atoms with E-state index in [-0.39, 0.29) is 17.5 Å². The van der Waals surface area contributed by atoms with Gasteiger partial charge in [-0.3, -0.25) is 9.69 Å². The lowest BCUT2D eigenvalue weighted by atomic mass is 10.1. The van der Waals surface area contributed by atoms with Crippen LogP contribution in [0.2, 0.25) is 0 Å². The van der Waals surface area contributed by atoms with Gasteiger partial charge in [0.15, 0.2) is 0 Å². The summed E-state index contributed by atoms with van der Waals surface area (Å²) >= 11 is 0. The van der Waals surface area contributed by atoms with Crippen LogP contribution in [0.3, 0.4) is 0 Å². The van der Waals surface area contributed by atoms with Crippen LogP contribution in [0.1, 0.15) is 23.7 Å². The van der Waals surface area contributed by atoms with Crippen molar-refractivity contribution in [2.45, 2.75) is 19.4 Å². The van der Waals surface area contributed by atoms with E-state index >= 15 is 0 Å². The zero-order chi connectivity index (χ0) is 14.9. The predicted molar refractivity (Wildman–Crippen MR) is 73.4 cm³/mol. The molecule has 0 aromatic heterocycles. The standard InChI is InChI=1S/C14H19F2N3O/c1-3-10-8-19(5-4-18(10)2)14(20)9-6-11(15)13(17)12(16)7-9/h6-7,10H,3-5,8,17H2,1-2H3. The quantitative estimate of drug-likeness (QED) is 0.841. The van der Waals surface area contributed by atoms with Gasteiger partial charge in [0.25, 0.3) is 5.91 Å². The summed E-state index contributed by atoms with van der Waals surface area (Å²) in [6, 6.07) is 2.27. The average molecular weight is 283 g/mol. The molecule has 1 heterocycles. The van der Waals surface area contributed by atoms with E-state index in [0.717, 1.165) is 25.1 Å². The van der Waals surface area contributed by atoms with Gasteiger partial charge in [0.2, 0.25) is 0 Å². The Morgan fingerprint density at radius 1 is 1.35 bits per heavy atom. The lowest BCUT2D eigenvalue weighted by molar-refractivity contribution is 0.0541. The fourth-order valence-corrected chi connectivity index (χ4v) is 2.46. The maximum atomic E-state index is 13.4. The number of hydrogen-bond acceptors (Lipinski definition) is 3. The number of nitrogen functional groups attached to an aromatic ring is 1. The van der Waals surface area contributed by atoms with Crippen LogP contribution in [-0.4, -0.2) is 48.4 Å².